The van der Waals surface area contributed by atoms with Crippen molar-refractivity contribution in [3.05, 3.63) is 4.91 Å². The van der Waals surface area contributed by atoms with Gasteiger partial charge in [-0.25, -0.2) is 0 Å². The lowest BCUT2D eigenvalue weighted by atomic mass is 9.97. The highest BCUT2D eigenvalue weighted by molar-refractivity contribution is 5.94. The molecule has 12 nitrogen and oxygen atoms in total. The van der Waals surface area contributed by atoms with E-state index in [9.17, 15) is 33.7 Å². The Labute approximate surface area is 206 Å². The topological polar surface area (TPSA) is 180 Å². The minimum Gasteiger partial charge on any atom is -0.356 e. The molecule has 0 heterocycles. The summed E-state index contributed by atoms with van der Waals surface area (Å²) in [6.07, 6.45) is 0.417. The Balaban J connectivity index is 4.87. The highest BCUT2D eigenvalue weighted by Crippen LogP contribution is 2.09. The van der Waals surface area contributed by atoms with E-state index in [-0.39, 0.29) is 43.4 Å². The zero-order valence-corrected chi connectivity index (χ0v) is 21.4. The third-order valence-corrected chi connectivity index (χ3v) is 5.42. The molecular formula is C23H39N5O7. The summed E-state index contributed by atoms with van der Waals surface area (Å²) in [5.74, 6) is -3.18. The number of nitroso groups, excluding NO2 is 1. The van der Waals surface area contributed by atoms with Crippen LogP contribution in [0.2, 0.25) is 0 Å². The highest BCUT2D eigenvalue weighted by atomic mass is 16.3. The van der Waals surface area contributed by atoms with E-state index >= 15 is 0 Å². The molecule has 0 saturated heterocycles. The number of nitrogens with zero attached hydrogens (tertiary/aromatic N) is 1. The lowest BCUT2D eigenvalue weighted by Crippen LogP contribution is -2.56. The predicted molar refractivity (Wildman–Crippen MR) is 129 cm³/mol. The van der Waals surface area contributed by atoms with Crippen LogP contribution >= 0.6 is 0 Å². The number of nitrogens with one attached hydrogen (secondary N) is 4. The van der Waals surface area contributed by atoms with Crippen LogP contribution in [0.5, 0.6) is 0 Å². The average Bonchev–Trinajstić information content (AvgIpc) is 2.79. The van der Waals surface area contributed by atoms with Gasteiger partial charge >= 0.3 is 0 Å². The van der Waals surface area contributed by atoms with Gasteiger partial charge in [0.2, 0.25) is 23.6 Å². The first-order valence-corrected chi connectivity index (χ1v) is 11.9. The maximum Gasteiger partial charge on any atom is 0.286 e. The quantitative estimate of drug-likeness (QED) is 0.227. The second-order valence-corrected chi connectivity index (χ2v) is 9.05. The lowest BCUT2D eigenvalue weighted by molar-refractivity contribution is -0.133. The molecule has 0 rings (SSSR count). The minimum absolute atomic E-state index is 0.0245. The number of carbonyl (C=O) groups excluding carboxylic acids is 6. The summed E-state index contributed by atoms with van der Waals surface area (Å²) in [6.45, 7) is 10.4. The van der Waals surface area contributed by atoms with Crippen molar-refractivity contribution in [2.45, 2.75) is 91.8 Å². The number of hydrogen-bond acceptors (Lipinski definition) is 7. The second-order valence-electron chi connectivity index (χ2n) is 9.05. The Morgan fingerprint density at radius 1 is 0.800 bits per heavy atom. The fraction of sp³-hybridized carbons (Fsp3) is 0.739. The first kappa shape index (κ1) is 31.8. The molecule has 4 atom stereocenters. The third kappa shape index (κ3) is 13.3. The van der Waals surface area contributed by atoms with Crippen LogP contribution in [-0.2, 0) is 28.8 Å². The average molecular weight is 498 g/mol. The standard InChI is InChI=1S/C23H39N5O7/c1-7-14(4)21(27-19(31)10-11-24-18(30)8-9-20(32)28-35)23(34)25-15(5)22(33)26-17(16(6)29)12-13(2)3/h13-15,17,21H,7-12H2,1-6H3,(H,24,30)(H,25,34)(H,26,33)(H,27,31). The molecule has 0 fully saturated rings. The Hall–Kier alpha value is -3.18. The van der Waals surface area contributed by atoms with Gasteiger partial charge in [0.1, 0.15) is 12.1 Å². The van der Waals surface area contributed by atoms with Gasteiger partial charge in [-0.2, -0.15) is 0 Å². The summed E-state index contributed by atoms with van der Waals surface area (Å²) in [7, 11) is 0. The molecule has 0 aromatic heterocycles. The molecule has 198 valence electrons. The molecule has 12 heteroatoms. The van der Waals surface area contributed by atoms with Gasteiger partial charge in [-0.05, 0) is 32.1 Å². The molecule has 4 unspecified atom stereocenters. The van der Waals surface area contributed by atoms with Crippen molar-refractivity contribution in [3.63, 3.8) is 0 Å². The third-order valence-electron chi connectivity index (χ3n) is 5.42. The van der Waals surface area contributed by atoms with Gasteiger partial charge in [0.15, 0.2) is 5.78 Å². The fourth-order valence-corrected chi connectivity index (χ4v) is 3.08. The van der Waals surface area contributed by atoms with E-state index in [1.807, 2.05) is 20.8 Å². The SMILES string of the molecule is CCC(C)C(NC(=O)CCNC(=O)CCC(=O)N=O)C(=O)NC(C)C(=O)NC(CC(C)C)C(C)=O. The van der Waals surface area contributed by atoms with Gasteiger partial charge in [0.25, 0.3) is 5.91 Å². The summed E-state index contributed by atoms with van der Waals surface area (Å²) < 4.78 is 0. The lowest BCUT2D eigenvalue weighted by Gasteiger charge is -2.26. The van der Waals surface area contributed by atoms with Gasteiger partial charge in [-0.1, -0.05) is 34.1 Å². The van der Waals surface area contributed by atoms with E-state index in [2.05, 4.69) is 26.4 Å². The number of carbonyl (C=O) groups is 6. The van der Waals surface area contributed by atoms with E-state index in [1.165, 1.54) is 13.8 Å². The van der Waals surface area contributed by atoms with Crippen LogP contribution in [0, 0.1) is 16.7 Å². The van der Waals surface area contributed by atoms with Crippen molar-refractivity contribution < 1.29 is 28.8 Å². The van der Waals surface area contributed by atoms with Crippen molar-refractivity contribution in [2.75, 3.05) is 6.54 Å². The van der Waals surface area contributed by atoms with Crippen LogP contribution in [0.4, 0.5) is 0 Å². The van der Waals surface area contributed by atoms with Gasteiger partial charge in [-0.15, -0.1) is 4.91 Å². The summed E-state index contributed by atoms with van der Waals surface area (Å²) >= 11 is 0. The maximum atomic E-state index is 12.8. The first-order valence-electron chi connectivity index (χ1n) is 11.9. The number of hydrogen-bond donors (Lipinski definition) is 4. The summed E-state index contributed by atoms with van der Waals surface area (Å²) in [6, 6.07) is -2.48. The largest absolute Gasteiger partial charge is 0.356 e. The molecule has 0 bridgehead atoms. The molecule has 0 radical (unpaired) electrons. The van der Waals surface area contributed by atoms with Crippen molar-refractivity contribution in [3.8, 4) is 0 Å². The normalized spacial score (nSPS) is 14.1. The zero-order valence-electron chi connectivity index (χ0n) is 21.4. The Bertz CT molecular complexity index is 784. The van der Waals surface area contributed by atoms with Gasteiger partial charge in [-0.3, -0.25) is 28.8 Å². The van der Waals surface area contributed by atoms with Crippen LogP contribution in [0.1, 0.15) is 73.6 Å². The van der Waals surface area contributed by atoms with E-state index in [0.717, 1.165) is 0 Å². The van der Waals surface area contributed by atoms with E-state index in [0.29, 0.717) is 12.8 Å². The van der Waals surface area contributed by atoms with Crippen molar-refractivity contribution in [1.82, 2.24) is 21.3 Å². The first-order chi connectivity index (χ1) is 16.3. The Morgan fingerprint density at radius 2 is 1.43 bits per heavy atom. The van der Waals surface area contributed by atoms with Crippen molar-refractivity contribution in [2.24, 2.45) is 17.0 Å². The minimum atomic E-state index is -0.931. The molecule has 0 spiro atoms. The van der Waals surface area contributed by atoms with Gasteiger partial charge in [0, 0.05) is 31.0 Å². The summed E-state index contributed by atoms with van der Waals surface area (Å²) in [5.41, 5.74) is 0. The second kappa shape index (κ2) is 16.4. The maximum absolute atomic E-state index is 12.8. The molecule has 0 aromatic carbocycles. The molecule has 5 amide bonds. The Morgan fingerprint density at radius 3 is 1.94 bits per heavy atom. The van der Waals surface area contributed by atoms with Crippen LogP contribution < -0.4 is 21.3 Å². The molecule has 4 N–H and O–H groups in total. The Kier molecular flexibility index (Phi) is 15.0. The van der Waals surface area contributed by atoms with Gasteiger partial charge < -0.3 is 21.3 Å². The van der Waals surface area contributed by atoms with Gasteiger partial charge in [0.05, 0.1) is 6.04 Å². The molecule has 0 saturated carbocycles. The van der Waals surface area contributed by atoms with Crippen LogP contribution in [0.15, 0.2) is 5.18 Å². The number of ketones is 1. The smallest absolute Gasteiger partial charge is 0.286 e. The van der Waals surface area contributed by atoms with Crippen LogP contribution in [0.25, 0.3) is 0 Å². The molecule has 0 aliphatic carbocycles. The zero-order chi connectivity index (χ0) is 27.1. The van der Waals surface area contributed by atoms with Crippen molar-refractivity contribution >= 4 is 35.3 Å². The van der Waals surface area contributed by atoms with E-state index in [1.54, 1.807) is 6.92 Å². The predicted octanol–water partition coefficient (Wildman–Crippen LogP) is 0.721. The molecule has 0 aromatic rings. The molecular weight excluding hydrogens is 458 g/mol. The van der Waals surface area contributed by atoms with Crippen LogP contribution in [0.3, 0.4) is 0 Å². The van der Waals surface area contributed by atoms with E-state index < -0.39 is 47.7 Å². The molecule has 35 heavy (non-hydrogen) atoms. The number of amides is 5. The number of Topliss-reactive ketones (excluding diaryl/α,β-unsaturated/α-hetero) is 1. The van der Waals surface area contributed by atoms with Crippen molar-refractivity contribution in [1.29, 1.82) is 0 Å². The monoisotopic (exact) mass is 497 g/mol. The molecule has 0 aliphatic rings. The summed E-state index contributed by atoms with van der Waals surface area (Å²) in [4.78, 5) is 82.0. The number of rotatable bonds is 16. The summed E-state index contributed by atoms with van der Waals surface area (Å²) in [5, 5.41) is 12.5. The molecule has 0 aliphatic heterocycles. The fourth-order valence-electron chi connectivity index (χ4n) is 3.08. The van der Waals surface area contributed by atoms with Crippen LogP contribution in [-0.4, -0.2) is 60.0 Å². The van der Waals surface area contributed by atoms with E-state index in [4.69, 9.17) is 0 Å². The highest BCUT2D eigenvalue weighted by Gasteiger charge is 2.29.